The van der Waals surface area contributed by atoms with E-state index in [4.69, 9.17) is 9.97 Å². The van der Waals surface area contributed by atoms with E-state index in [-0.39, 0.29) is 0 Å². The van der Waals surface area contributed by atoms with E-state index < -0.39 is 10.8 Å². The van der Waals surface area contributed by atoms with Crippen molar-refractivity contribution in [3.05, 3.63) is 261 Å². The summed E-state index contributed by atoms with van der Waals surface area (Å²) in [7, 11) is 0. The summed E-state index contributed by atoms with van der Waals surface area (Å²) in [6.07, 6.45) is 7.86. The number of aryl methyl sites for hydroxylation is 4. The maximum atomic E-state index is 5.16. The minimum absolute atomic E-state index is 0.716. The van der Waals surface area contributed by atoms with E-state index in [0.717, 1.165) is 59.3 Å². The average Bonchev–Trinajstić information content (AvgIpc) is 3.54. The molecule has 2 heterocycles. The van der Waals surface area contributed by atoms with Crippen LogP contribution in [0.3, 0.4) is 0 Å². The first-order chi connectivity index (χ1) is 28.7. The third kappa shape index (κ3) is 6.12. The van der Waals surface area contributed by atoms with Crippen LogP contribution in [0.4, 0.5) is 0 Å². The summed E-state index contributed by atoms with van der Waals surface area (Å²) in [4.78, 5) is 10.3. The Morgan fingerprint density at radius 2 is 0.638 bits per heavy atom. The summed E-state index contributed by atoms with van der Waals surface area (Å²) >= 11 is 0. The highest BCUT2D eigenvalue weighted by Crippen LogP contribution is 2.46. The summed E-state index contributed by atoms with van der Waals surface area (Å²) in [5.74, 6) is 14.9. The maximum absolute atomic E-state index is 5.16. The van der Waals surface area contributed by atoms with Gasteiger partial charge in [0.1, 0.15) is 10.8 Å². The molecule has 2 nitrogen and oxygen atoms in total. The van der Waals surface area contributed by atoms with Crippen LogP contribution < -0.4 is 0 Å². The third-order valence-electron chi connectivity index (χ3n) is 12.0. The molecule has 2 heteroatoms. The van der Waals surface area contributed by atoms with Crippen molar-refractivity contribution in [2.75, 3.05) is 0 Å². The topological polar surface area (TPSA) is 25.8 Å². The van der Waals surface area contributed by atoms with Crippen molar-refractivity contribution in [1.29, 1.82) is 0 Å². The zero-order valence-electron chi connectivity index (χ0n) is 32.2. The second-order valence-corrected chi connectivity index (χ2v) is 15.2. The van der Waals surface area contributed by atoms with Crippen LogP contribution in [-0.2, 0) is 36.5 Å². The van der Waals surface area contributed by atoms with Crippen molar-refractivity contribution in [2.45, 2.75) is 36.5 Å². The molecule has 0 saturated carbocycles. The van der Waals surface area contributed by atoms with Crippen LogP contribution in [0.2, 0.25) is 0 Å². The number of fused-ring (bicyclic) bond motifs is 4. The zero-order valence-corrected chi connectivity index (χ0v) is 32.2. The van der Waals surface area contributed by atoms with Gasteiger partial charge in [-0.25, -0.2) is 0 Å². The fraction of sp³-hybridized carbons (Fsp3) is 0.107. The van der Waals surface area contributed by atoms with Crippen molar-refractivity contribution < 1.29 is 0 Å². The van der Waals surface area contributed by atoms with Gasteiger partial charge in [-0.15, -0.1) is 0 Å². The van der Waals surface area contributed by atoms with Gasteiger partial charge in [0.25, 0.3) is 0 Å². The van der Waals surface area contributed by atoms with Gasteiger partial charge in [-0.1, -0.05) is 169 Å². The van der Waals surface area contributed by atoms with Crippen LogP contribution in [0, 0.1) is 23.7 Å². The lowest BCUT2D eigenvalue weighted by molar-refractivity contribution is 0.794. The first-order valence-corrected chi connectivity index (χ1v) is 20.2. The Morgan fingerprint density at radius 3 is 0.948 bits per heavy atom. The molecule has 0 aliphatic heterocycles. The van der Waals surface area contributed by atoms with Gasteiger partial charge in [-0.05, 0) is 118 Å². The predicted octanol–water partition coefficient (Wildman–Crippen LogP) is 11.1. The highest BCUT2D eigenvalue weighted by molar-refractivity contribution is 5.68. The first kappa shape index (κ1) is 35.2. The molecular weight excluding hydrogens is 701 g/mol. The summed E-state index contributed by atoms with van der Waals surface area (Å²) in [5, 5.41) is 0. The van der Waals surface area contributed by atoms with Crippen molar-refractivity contribution >= 4 is 0 Å². The van der Waals surface area contributed by atoms with Gasteiger partial charge in [-0.2, -0.15) is 0 Å². The summed E-state index contributed by atoms with van der Waals surface area (Å²) in [6.45, 7) is 0. The number of pyridine rings is 2. The molecule has 8 aromatic rings. The van der Waals surface area contributed by atoms with Crippen molar-refractivity contribution in [2.24, 2.45) is 0 Å². The molecule has 0 fully saturated rings. The fourth-order valence-electron chi connectivity index (χ4n) is 9.19. The van der Waals surface area contributed by atoms with Crippen LogP contribution >= 0.6 is 0 Å². The number of hydrogen-bond acceptors (Lipinski definition) is 2. The van der Waals surface area contributed by atoms with E-state index >= 15 is 0 Å². The monoisotopic (exact) mass is 740 g/mol. The largest absolute Gasteiger partial charge is 0.254 e. The molecule has 2 aliphatic rings. The Kier molecular flexibility index (Phi) is 9.10. The summed E-state index contributed by atoms with van der Waals surface area (Å²) in [5.41, 5.74) is 14.3. The minimum Gasteiger partial charge on any atom is -0.254 e. The van der Waals surface area contributed by atoms with E-state index in [0.29, 0.717) is 0 Å². The molecule has 10 rings (SSSR count). The van der Waals surface area contributed by atoms with E-state index in [1.54, 1.807) is 0 Å². The van der Waals surface area contributed by atoms with Crippen LogP contribution in [0.15, 0.2) is 194 Å². The minimum atomic E-state index is -0.716. The molecule has 0 bridgehead atoms. The second kappa shape index (κ2) is 15.0. The molecule has 0 N–H and O–H groups in total. The molecule has 0 atom stereocenters. The molecule has 0 radical (unpaired) electrons. The average molecular weight is 741 g/mol. The molecule has 0 unspecified atom stereocenters. The second-order valence-electron chi connectivity index (χ2n) is 15.2. The molecule has 2 aliphatic carbocycles. The number of aromatic nitrogens is 2. The van der Waals surface area contributed by atoms with Gasteiger partial charge in [0.05, 0.1) is 11.4 Å². The quantitative estimate of drug-likeness (QED) is 0.169. The zero-order chi connectivity index (χ0) is 38.8. The van der Waals surface area contributed by atoms with E-state index in [1.165, 1.54) is 44.5 Å². The summed E-state index contributed by atoms with van der Waals surface area (Å²) < 4.78 is 0. The maximum Gasteiger partial charge on any atom is 0.109 e. The number of nitrogens with zero attached hydrogens (tertiary/aromatic N) is 2. The van der Waals surface area contributed by atoms with Crippen LogP contribution in [0.25, 0.3) is 11.4 Å². The van der Waals surface area contributed by atoms with Crippen LogP contribution in [-0.4, -0.2) is 9.97 Å². The molecular formula is C56H40N2. The Morgan fingerprint density at radius 1 is 0.328 bits per heavy atom. The van der Waals surface area contributed by atoms with Gasteiger partial charge in [-0.3, -0.25) is 9.97 Å². The van der Waals surface area contributed by atoms with Crippen LogP contribution in [0.5, 0.6) is 0 Å². The first-order valence-electron chi connectivity index (χ1n) is 20.2. The van der Waals surface area contributed by atoms with E-state index in [9.17, 15) is 0 Å². The highest BCUT2D eigenvalue weighted by atomic mass is 14.8. The smallest absolute Gasteiger partial charge is 0.109 e. The SMILES string of the molecule is C(#CC1(c2ccc(-c3ccc(C4(C#Cc5ccccc5)c5ccccc5CCc5ccccc54)cn3)nc2)c2ccccc2CCc2ccccc21)c1ccccc1. The molecule has 6 aromatic carbocycles. The van der Waals surface area contributed by atoms with Gasteiger partial charge < -0.3 is 0 Å². The van der Waals surface area contributed by atoms with Gasteiger partial charge in [0.15, 0.2) is 0 Å². The normalized spacial score (nSPS) is 14.3. The third-order valence-corrected chi connectivity index (χ3v) is 12.0. The number of rotatable bonds is 3. The molecule has 2 aromatic heterocycles. The van der Waals surface area contributed by atoms with Crippen LogP contribution in [0.1, 0.15) is 66.8 Å². The Balaban J connectivity index is 1.11. The number of hydrogen-bond donors (Lipinski definition) is 0. The van der Waals surface area contributed by atoms with E-state index in [1.807, 2.05) is 48.8 Å². The Labute approximate surface area is 341 Å². The highest BCUT2D eigenvalue weighted by Gasteiger charge is 2.41. The summed E-state index contributed by atoms with van der Waals surface area (Å²) in [6, 6.07) is 64.4. The van der Waals surface area contributed by atoms with E-state index in [2.05, 4.69) is 169 Å². The lowest BCUT2D eigenvalue weighted by Gasteiger charge is -2.32. The van der Waals surface area contributed by atoms with Gasteiger partial charge in [0.2, 0.25) is 0 Å². The molecule has 0 spiro atoms. The lowest BCUT2D eigenvalue weighted by atomic mass is 9.68. The van der Waals surface area contributed by atoms with Gasteiger partial charge >= 0.3 is 0 Å². The molecule has 58 heavy (non-hydrogen) atoms. The predicted molar refractivity (Wildman–Crippen MR) is 234 cm³/mol. The van der Waals surface area contributed by atoms with Crippen molar-refractivity contribution in [3.8, 4) is 35.1 Å². The molecule has 274 valence electrons. The van der Waals surface area contributed by atoms with Crippen molar-refractivity contribution in [1.82, 2.24) is 9.97 Å². The Hall–Kier alpha value is -7.26. The molecule has 0 amide bonds. The number of benzene rings is 6. The Bertz CT molecular complexity index is 2590. The van der Waals surface area contributed by atoms with Crippen molar-refractivity contribution in [3.63, 3.8) is 0 Å². The fourth-order valence-corrected chi connectivity index (χ4v) is 9.19. The van der Waals surface area contributed by atoms with Gasteiger partial charge in [0, 0.05) is 23.5 Å². The molecule has 0 saturated heterocycles. The lowest BCUT2D eigenvalue weighted by Crippen LogP contribution is -2.29. The standard InChI is InChI=1S/C56H40N2/c1-3-15-41(16-4-1)35-37-55(49-23-11-7-19-43(49)27-28-44-20-8-12-24-50(44)55)47-31-33-53(57-39-47)54-34-32-48(40-58-54)56(38-36-42-17-5-2-6-18-42)51-25-13-9-21-45(51)29-30-46-22-10-14-26-52(46)56/h1-26,31-34,39-40H,27-30H2.